The molecule has 0 aromatic carbocycles. The van der Waals surface area contributed by atoms with E-state index in [-0.39, 0.29) is 29.4 Å². The highest BCUT2D eigenvalue weighted by Gasteiger charge is 2.29. The third kappa shape index (κ3) is 8.99. The third-order valence-electron chi connectivity index (χ3n) is 12.4. The average molecular weight is 875 g/mol. The molecule has 2 atom stereocenters. The van der Waals surface area contributed by atoms with Gasteiger partial charge in [0, 0.05) is 42.2 Å². The first-order chi connectivity index (χ1) is 31.4. The molecule has 0 radical (unpaired) electrons. The molecule has 1 amide bonds. The highest BCUT2D eigenvalue weighted by molar-refractivity contribution is 5.92. The van der Waals surface area contributed by atoms with Crippen LogP contribution in [0, 0.1) is 13.8 Å². The van der Waals surface area contributed by atoms with Crippen molar-refractivity contribution in [2.75, 3.05) is 11.5 Å². The largest absolute Gasteiger partial charge is 0.476 e. The number of hydrogen-bond donors (Lipinski definition) is 5. The average Bonchev–Trinajstić information content (AvgIpc) is 3.89. The lowest BCUT2D eigenvalue weighted by molar-refractivity contribution is 0.0690. The van der Waals surface area contributed by atoms with Gasteiger partial charge in [0.2, 0.25) is 0 Å². The van der Waals surface area contributed by atoms with Gasteiger partial charge in [-0.15, -0.1) is 10.2 Å². The zero-order chi connectivity index (χ0) is 44.9. The minimum Gasteiger partial charge on any atom is -0.476 e. The maximum atomic E-state index is 12.8. The molecule has 0 spiro atoms. The van der Waals surface area contributed by atoms with Crippen LogP contribution in [0.3, 0.4) is 0 Å². The van der Waals surface area contributed by atoms with E-state index in [1.54, 1.807) is 10.9 Å². The van der Waals surface area contributed by atoms with Crippen molar-refractivity contribution in [1.82, 2.24) is 64.0 Å². The fraction of sp³-hybridized carbons (Fsp3) is 0.348. The Morgan fingerprint density at radius 1 is 0.662 bits per heavy atom. The van der Waals surface area contributed by atoms with Crippen LogP contribution < -0.4 is 22.5 Å². The Kier molecular flexibility index (Phi) is 10.8. The van der Waals surface area contributed by atoms with Crippen molar-refractivity contribution >= 4 is 34.8 Å². The van der Waals surface area contributed by atoms with Gasteiger partial charge in [-0.05, 0) is 135 Å². The number of nitrogens with zero attached hydrogens (tertiary/aromatic N) is 12. The lowest BCUT2D eigenvalue weighted by atomic mass is 10.1. The molecule has 8 aromatic rings. The number of carboxylic acid groups (broad SMARTS) is 1. The monoisotopic (exact) mass is 874 g/mol. The molecule has 0 saturated heterocycles. The summed E-state index contributed by atoms with van der Waals surface area (Å²) in [7, 11) is 0. The number of nitrogens with one attached hydrogen (secondary N) is 1. The van der Waals surface area contributed by atoms with Crippen LogP contribution in [0.25, 0.3) is 11.3 Å². The van der Waals surface area contributed by atoms with Gasteiger partial charge in [0.25, 0.3) is 5.91 Å². The van der Waals surface area contributed by atoms with Crippen LogP contribution in [-0.4, -0.2) is 75.7 Å². The summed E-state index contributed by atoms with van der Waals surface area (Å²) in [5.41, 5.74) is 30.4. The van der Waals surface area contributed by atoms with Gasteiger partial charge in [-0.1, -0.05) is 22.6 Å². The second kappa shape index (κ2) is 16.9. The molecule has 19 nitrogen and oxygen atoms in total. The number of rotatable bonds is 9. The number of nitrogens with two attached hydrogens (primary N) is 3. The van der Waals surface area contributed by atoms with Gasteiger partial charge < -0.3 is 36.4 Å². The summed E-state index contributed by atoms with van der Waals surface area (Å²) in [6.07, 6.45) is 20.0. The normalized spacial score (nSPS) is 17.3. The van der Waals surface area contributed by atoms with Gasteiger partial charge in [-0.2, -0.15) is 0 Å². The molecular weight excluding hydrogens is 825 g/mol. The molecule has 0 aliphatic heterocycles. The number of imidazole rings is 2. The Labute approximate surface area is 373 Å². The van der Waals surface area contributed by atoms with Crippen molar-refractivity contribution in [2.45, 2.75) is 102 Å². The van der Waals surface area contributed by atoms with E-state index in [4.69, 9.17) is 22.3 Å². The highest BCUT2D eigenvalue weighted by atomic mass is 16.4. The number of anilines is 2. The van der Waals surface area contributed by atoms with Crippen LogP contribution in [-0.2, 0) is 25.9 Å². The second-order valence-corrected chi connectivity index (χ2v) is 17.5. The maximum absolute atomic E-state index is 12.8. The number of carbonyl (C=O) groups is 2. The van der Waals surface area contributed by atoms with Gasteiger partial charge in [0.15, 0.2) is 11.4 Å². The van der Waals surface area contributed by atoms with Crippen LogP contribution in [0.5, 0.6) is 0 Å². The molecule has 0 bridgehead atoms. The zero-order valence-corrected chi connectivity index (χ0v) is 36.2. The minimum absolute atomic E-state index is 0.0604. The summed E-state index contributed by atoms with van der Waals surface area (Å²) < 4.78 is 7.20. The molecule has 19 heteroatoms. The molecule has 8 heterocycles. The molecule has 2 unspecified atom stereocenters. The fourth-order valence-corrected chi connectivity index (χ4v) is 8.84. The van der Waals surface area contributed by atoms with E-state index in [0.717, 1.165) is 76.4 Å². The number of pyridine rings is 4. The predicted octanol–water partition coefficient (Wildman–Crippen LogP) is 5.02. The van der Waals surface area contributed by atoms with Crippen molar-refractivity contribution in [2.24, 2.45) is 5.73 Å². The number of aromatic nitrogens is 12. The van der Waals surface area contributed by atoms with Crippen LogP contribution >= 0.6 is 0 Å². The number of hydrogen-bond acceptors (Lipinski definition) is 13. The molecule has 2 fully saturated rings. The number of amides is 1. The summed E-state index contributed by atoms with van der Waals surface area (Å²) in [5, 5.41) is 27.5. The highest BCUT2D eigenvalue weighted by Crippen LogP contribution is 2.41. The zero-order valence-electron chi connectivity index (χ0n) is 36.2. The van der Waals surface area contributed by atoms with Gasteiger partial charge in [0.1, 0.15) is 22.9 Å². The van der Waals surface area contributed by atoms with Gasteiger partial charge in [0.05, 0.1) is 42.9 Å². The van der Waals surface area contributed by atoms with E-state index in [1.807, 2.05) is 48.8 Å². The summed E-state index contributed by atoms with van der Waals surface area (Å²) in [6, 6.07) is 12.5. The predicted molar refractivity (Wildman–Crippen MR) is 240 cm³/mol. The Hall–Kier alpha value is -7.54. The molecule has 8 N–H and O–H groups in total. The van der Waals surface area contributed by atoms with E-state index >= 15 is 0 Å². The maximum Gasteiger partial charge on any atom is 0.358 e. The quantitative estimate of drug-likeness (QED) is 0.128. The molecule has 4 aliphatic carbocycles. The summed E-state index contributed by atoms with van der Waals surface area (Å²) in [6.45, 7) is 4.71. The molecule has 332 valence electrons. The molecular formula is C46H50N16O3. The summed E-state index contributed by atoms with van der Waals surface area (Å²) in [5.74, 6) is 1.30. The van der Waals surface area contributed by atoms with Gasteiger partial charge in [-0.3, -0.25) is 4.79 Å². The van der Waals surface area contributed by atoms with Crippen molar-refractivity contribution in [3.63, 3.8) is 0 Å². The number of nitrogen functional groups attached to an aromatic ring is 2. The number of carboxylic acids is 1. The number of aromatic carboxylic acids is 1. The SMILES string of the molecule is Cc1cc2c(c(N)n1)CCC2N.Cc1cc2c(c(N)n1)CCC2NC(=O)c1cn(Cc2cn3cc(C4CC4)ccc3n2)nn1.O=C(O)c1cn(Cc2cn3cc(C4CC4)ccc3n2)nn1. The Morgan fingerprint density at radius 3 is 1.71 bits per heavy atom. The van der Waals surface area contributed by atoms with Crippen LogP contribution in [0.4, 0.5) is 11.6 Å². The summed E-state index contributed by atoms with van der Waals surface area (Å²) >= 11 is 0. The Balaban J connectivity index is 0.000000129. The van der Waals surface area contributed by atoms with Crippen LogP contribution in [0.15, 0.2) is 73.6 Å². The first kappa shape index (κ1) is 41.5. The first-order valence-electron chi connectivity index (χ1n) is 22.0. The lowest BCUT2D eigenvalue weighted by Crippen LogP contribution is -2.27. The minimum atomic E-state index is -1.08. The van der Waals surface area contributed by atoms with Crippen LogP contribution in [0.2, 0.25) is 0 Å². The molecule has 2 saturated carbocycles. The van der Waals surface area contributed by atoms with Gasteiger partial charge in [-0.25, -0.2) is 34.1 Å². The van der Waals surface area contributed by atoms with E-state index in [1.165, 1.54) is 53.3 Å². The third-order valence-corrected chi connectivity index (χ3v) is 12.4. The standard InChI is InChI=1S/C23H24N8O.C14H13N5O2.C9H13N3/c1-13-8-18-17(22(24)25-13)5-6-19(18)27-23(32)20-12-31(29-28-20)11-16-10-30-9-15(14-2-3-14)4-7-21(30)26-16;20-14(21)12-8-19(17-16-12)7-11-6-18-5-10(9-1-2-9)3-4-13(18)15-11;1-5-4-7-6(9(11)12-5)2-3-8(7)10/h4,7-10,12,14,19H,2-3,5-6,11H2,1H3,(H2,24,25)(H,27,32);3-6,8-9H,1-2,7H2,(H,20,21);4,8H,2-3,10H2,1H3,(H2,11,12). The van der Waals surface area contributed by atoms with E-state index in [9.17, 15) is 9.59 Å². The van der Waals surface area contributed by atoms with Crippen molar-refractivity contribution in [3.05, 3.63) is 141 Å². The smallest absolute Gasteiger partial charge is 0.358 e. The van der Waals surface area contributed by atoms with E-state index in [2.05, 4.69) is 80.9 Å². The second-order valence-electron chi connectivity index (χ2n) is 17.5. The van der Waals surface area contributed by atoms with E-state index in [0.29, 0.717) is 36.6 Å². The molecule has 4 aliphatic rings. The topological polar surface area (TPSA) is 266 Å². The summed E-state index contributed by atoms with van der Waals surface area (Å²) in [4.78, 5) is 41.3. The van der Waals surface area contributed by atoms with Crippen molar-refractivity contribution in [3.8, 4) is 0 Å². The van der Waals surface area contributed by atoms with Crippen LogP contribution in [0.1, 0.15) is 140 Å². The van der Waals surface area contributed by atoms with Crippen molar-refractivity contribution < 1.29 is 14.7 Å². The van der Waals surface area contributed by atoms with Crippen molar-refractivity contribution in [1.29, 1.82) is 0 Å². The Bertz CT molecular complexity index is 3100. The van der Waals surface area contributed by atoms with Gasteiger partial charge >= 0.3 is 5.97 Å². The number of carbonyl (C=O) groups excluding carboxylic acids is 1. The molecule has 8 aromatic heterocycles. The molecule has 12 rings (SSSR count). The lowest BCUT2D eigenvalue weighted by Gasteiger charge is -2.14. The first-order valence-corrected chi connectivity index (χ1v) is 22.0. The van der Waals surface area contributed by atoms with E-state index < -0.39 is 5.97 Å². The molecule has 65 heavy (non-hydrogen) atoms. The number of fused-ring (bicyclic) bond motifs is 4. The fourth-order valence-electron chi connectivity index (χ4n) is 8.84. The number of aryl methyl sites for hydroxylation is 2. The Morgan fingerprint density at radius 2 is 1.17 bits per heavy atom.